The lowest BCUT2D eigenvalue weighted by molar-refractivity contribution is 0.0923. The van der Waals surface area contributed by atoms with E-state index in [1.807, 2.05) is 6.07 Å². The Kier molecular flexibility index (Phi) is 4.19. The number of aromatic nitrogens is 2. The van der Waals surface area contributed by atoms with Crippen LogP contribution >= 0.6 is 11.6 Å². The van der Waals surface area contributed by atoms with Crippen molar-refractivity contribution in [1.29, 1.82) is 0 Å². The maximum absolute atomic E-state index is 12.0. The fourth-order valence-corrected chi connectivity index (χ4v) is 1.86. The second-order valence-electron chi connectivity index (χ2n) is 4.23. The van der Waals surface area contributed by atoms with Crippen LogP contribution in [0.5, 0.6) is 0 Å². The topological polar surface area (TPSA) is 78.0 Å². The first-order valence-corrected chi connectivity index (χ1v) is 6.20. The molecule has 0 bridgehead atoms. The molecule has 0 saturated carbocycles. The van der Waals surface area contributed by atoms with Crippen molar-refractivity contribution < 1.29 is 9.90 Å². The smallest absolute Gasteiger partial charge is 0.255 e. The van der Waals surface area contributed by atoms with Crippen LogP contribution in [0.3, 0.4) is 0 Å². The first-order valence-electron chi connectivity index (χ1n) is 5.83. The fraction of sp³-hybridized carbons (Fsp3) is 0.231. The summed E-state index contributed by atoms with van der Waals surface area (Å²) in [6.45, 7) is 1.60. The molecule has 1 aromatic carbocycles. The number of halogens is 1. The molecule has 3 N–H and O–H groups in total. The molecule has 1 heterocycles. The molecule has 0 aliphatic carbocycles. The largest absolute Gasteiger partial charge is 0.394 e. The summed E-state index contributed by atoms with van der Waals surface area (Å²) in [6.07, 6.45) is 1.45. The van der Waals surface area contributed by atoms with Gasteiger partial charge in [0.25, 0.3) is 5.91 Å². The summed E-state index contributed by atoms with van der Waals surface area (Å²) in [5, 5.41) is 18.9. The molecule has 1 amide bonds. The van der Waals surface area contributed by atoms with E-state index in [1.54, 1.807) is 25.1 Å². The summed E-state index contributed by atoms with van der Waals surface area (Å²) in [7, 11) is 0. The summed E-state index contributed by atoms with van der Waals surface area (Å²) in [6, 6.07) is 6.84. The van der Waals surface area contributed by atoms with Crippen LogP contribution in [0, 0.1) is 0 Å². The van der Waals surface area contributed by atoms with Crippen molar-refractivity contribution in [3.63, 3.8) is 0 Å². The quantitative estimate of drug-likeness (QED) is 0.799. The van der Waals surface area contributed by atoms with Crippen molar-refractivity contribution >= 4 is 17.5 Å². The van der Waals surface area contributed by atoms with E-state index in [0.717, 1.165) is 5.56 Å². The van der Waals surface area contributed by atoms with Gasteiger partial charge in [0.1, 0.15) is 0 Å². The molecule has 2 aromatic rings. The van der Waals surface area contributed by atoms with E-state index in [9.17, 15) is 4.79 Å². The minimum Gasteiger partial charge on any atom is -0.394 e. The van der Waals surface area contributed by atoms with Crippen molar-refractivity contribution in [1.82, 2.24) is 15.5 Å². The zero-order valence-corrected chi connectivity index (χ0v) is 11.1. The van der Waals surface area contributed by atoms with Gasteiger partial charge in [-0.25, -0.2) is 0 Å². The Bertz CT molecular complexity index is 583. The van der Waals surface area contributed by atoms with Gasteiger partial charge in [-0.15, -0.1) is 0 Å². The van der Waals surface area contributed by atoms with Gasteiger partial charge in [-0.1, -0.05) is 23.7 Å². The Hall–Kier alpha value is -1.85. The lowest BCUT2D eigenvalue weighted by Gasteiger charge is -2.10. The Morgan fingerprint density at radius 3 is 3.05 bits per heavy atom. The highest BCUT2D eigenvalue weighted by atomic mass is 35.5. The predicted octanol–water partition coefficient (Wildman–Crippen LogP) is 1.84. The Morgan fingerprint density at radius 1 is 1.58 bits per heavy atom. The van der Waals surface area contributed by atoms with Gasteiger partial charge in [-0.05, 0) is 19.1 Å². The van der Waals surface area contributed by atoms with Gasteiger partial charge in [0, 0.05) is 16.6 Å². The van der Waals surface area contributed by atoms with Crippen LogP contribution in [0.1, 0.15) is 17.3 Å². The second kappa shape index (κ2) is 5.86. The molecular formula is C13H14ClN3O2. The maximum atomic E-state index is 12.0. The number of hydrogen-bond donors (Lipinski definition) is 3. The number of aliphatic hydroxyl groups excluding tert-OH is 1. The highest BCUT2D eigenvalue weighted by Gasteiger charge is 2.16. The number of aliphatic hydroxyl groups is 1. The van der Waals surface area contributed by atoms with Crippen molar-refractivity contribution in [3.05, 3.63) is 41.0 Å². The molecule has 5 nitrogen and oxygen atoms in total. The highest BCUT2D eigenvalue weighted by Crippen LogP contribution is 2.23. The number of nitrogens with one attached hydrogen (secondary N) is 2. The van der Waals surface area contributed by atoms with Crippen LogP contribution in [0.4, 0.5) is 0 Å². The summed E-state index contributed by atoms with van der Waals surface area (Å²) < 4.78 is 0. The molecule has 6 heteroatoms. The second-order valence-corrected chi connectivity index (χ2v) is 4.66. The van der Waals surface area contributed by atoms with Crippen LogP contribution in [0.15, 0.2) is 30.5 Å². The predicted molar refractivity (Wildman–Crippen MR) is 73.0 cm³/mol. The highest BCUT2D eigenvalue weighted by molar-refractivity contribution is 6.30. The number of aromatic amines is 1. The lowest BCUT2D eigenvalue weighted by Crippen LogP contribution is -2.35. The third-order valence-electron chi connectivity index (χ3n) is 2.65. The average Bonchev–Trinajstić information content (AvgIpc) is 2.87. The molecule has 0 aliphatic rings. The van der Waals surface area contributed by atoms with Crippen molar-refractivity contribution in [2.24, 2.45) is 0 Å². The molecule has 100 valence electrons. The Morgan fingerprint density at radius 2 is 2.37 bits per heavy atom. The van der Waals surface area contributed by atoms with E-state index in [-0.39, 0.29) is 18.6 Å². The third kappa shape index (κ3) is 3.13. The molecule has 0 aliphatic heterocycles. The normalized spacial score (nSPS) is 12.2. The summed E-state index contributed by atoms with van der Waals surface area (Å²) in [4.78, 5) is 12.0. The number of H-pyrrole nitrogens is 1. The minimum atomic E-state index is -0.311. The van der Waals surface area contributed by atoms with E-state index < -0.39 is 0 Å². The number of carbonyl (C=O) groups is 1. The van der Waals surface area contributed by atoms with Gasteiger partial charge in [0.15, 0.2) is 0 Å². The fourth-order valence-electron chi connectivity index (χ4n) is 1.67. The van der Waals surface area contributed by atoms with Gasteiger partial charge >= 0.3 is 0 Å². The average molecular weight is 280 g/mol. The van der Waals surface area contributed by atoms with Crippen LogP contribution in [0.2, 0.25) is 5.02 Å². The summed E-state index contributed by atoms with van der Waals surface area (Å²) in [5.41, 5.74) is 1.81. The number of hydrogen-bond acceptors (Lipinski definition) is 3. The van der Waals surface area contributed by atoms with E-state index in [0.29, 0.717) is 16.3 Å². The van der Waals surface area contributed by atoms with Gasteiger partial charge in [-0.2, -0.15) is 5.10 Å². The van der Waals surface area contributed by atoms with E-state index >= 15 is 0 Å². The first kappa shape index (κ1) is 13.6. The number of rotatable bonds is 4. The standard InChI is InChI=1S/C13H14ClN3O2/c1-8(7-18)16-13(19)11-6-15-17-12(11)9-3-2-4-10(14)5-9/h2-6,8,18H,7H2,1H3,(H,15,17)(H,16,19). The number of carbonyl (C=O) groups excluding carboxylic acids is 1. The first-order chi connectivity index (χ1) is 9.11. The van der Waals surface area contributed by atoms with Crippen LogP contribution in [0.25, 0.3) is 11.3 Å². The Balaban J connectivity index is 2.30. The lowest BCUT2D eigenvalue weighted by atomic mass is 10.1. The van der Waals surface area contributed by atoms with E-state index in [1.165, 1.54) is 6.20 Å². The van der Waals surface area contributed by atoms with Crippen molar-refractivity contribution in [2.45, 2.75) is 13.0 Å². The zero-order chi connectivity index (χ0) is 13.8. The summed E-state index contributed by atoms with van der Waals surface area (Å²) in [5.74, 6) is -0.287. The van der Waals surface area contributed by atoms with E-state index in [2.05, 4.69) is 15.5 Å². The van der Waals surface area contributed by atoms with Crippen LogP contribution in [-0.4, -0.2) is 33.9 Å². The van der Waals surface area contributed by atoms with Crippen molar-refractivity contribution in [2.75, 3.05) is 6.61 Å². The van der Waals surface area contributed by atoms with Gasteiger partial charge < -0.3 is 10.4 Å². The van der Waals surface area contributed by atoms with Crippen LogP contribution in [-0.2, 0) is 0 Å². The third-order valence-corrected chi connectivity index (χ3v) is 2.88. The monoisotopic (exact) mass is 279 g/mol. The maximum Gasteiger partial charge on any atom is 0.255 e. The molecule has 1 atom stereocenters. The molecule has 2 rings (SSSR count). The van der Waals surface area contributed by atoms with Gasteiger partial charge in [0.05, 0.1) is 24.1 Å². The Labute approximate surface area is 115 Å². The SMILES string of the molecule is CC(CO)NC(=O)c1cn[nH]c1-c1cccc(Cl)c1. The summed E-state index contributed by atoms with van der Waals surface area (Å²) >= 11 is 5.93. The number of benzene rings is 1. The molecule has 1 aromatic heterocycles. The van der Waals surface area contributed by atoms with E-state index in [4.69, 9.17) is 16.7 Å². The molecule has 19 heavy (non-hydrogen) atoms. The van der Waals surface area contributed by atoms with Gasteiger partial charge in [0.2, 0.25) is 0 Å². The molecule has 0 saturated heterocycles. The molecule has 1 unspecified atom stereocenters. The van der Waals surface area contributed by atoms with Gasteiger partial charge in [-0.3, -0.25) is 9.89 Å². The molecule has 0 spiro atoms. The molecular weight excluding hydrogens is 266 g/mol. The minimum absolute atomic E-state index is 0.115. The molecule has 0 radical (unpaired) electrons. The number of amides is 1. The molecule has 0 fully saturated rings. The van der Waals surface area contributed by atoms with Crippen molar-refractivity contribution in [3.8, 4) is 11.3 Å². The zero-order valence-electron chi connectivity index (χ0n) is 10.4. The van der Waals surface area contributed by atoms with Crippen LogP contribution < -0.4 is 5.32 Å². The number of nitrogens with zero attached hydrogens (tertiary/aromatic N) is 1.